The van der Waals surface area contributed by atoms with Gasteiger partial charge in [-0.15, -0.1) is 0 Å². The van der Waals surface area contributed by atoms with Crippen molar-refractivity contribution < 1.29 is 0 Å². The van der Waals surface area contributed by atoms with E-state index < -0.39 is 0 Å². The first kappa shape index (κ1) is 75.9. The number of aromatic nitrogens is 12. The van der Waals surface area contributed by atoms with Crippen LogP contribution in [-0.2, 0) is 16.2 Å². The van der Waals surface area contributed by atoms with Gasteiger partial charge in [0.1, 0.15) is 5.82 Å². The van der Waals surface area contributed by atoms with Gasteiger partial charge in [-0.3, -0.25) is 28.7 Å². The van der Waals surface area contributed by atoms with E-state index in [1.54, 1.807) is 0 Å². The van der Waals surface area contributed by atoms with E-state index >= 15 is 0 Å². The minimum atomic E-state index is -0.243. The molecule has 0 unspecified atom stereocenters. The molecule has 3 aliphatic rings. The lowest BCUT2D eigenvalue weighted by molar-refractivity contribution is 0.663. The van der Waals surface area contributed by atoms with Crippen LogP contribution in [0.5, 0.6) is 0 Å². The van der Waals surface area contributed by atoms with E-state index in [0.29, 0.717) is 17.7 Å². The molecule has 0 saturated carbocycles. The van der Waals surface area contributed by atoms with Crippen molar-refractivity contribution in [1.82, 2.24) is 58.6 Å². The molecule has 0 radical (unpaired) electrons. The van der Waals surface area contributed by atoms with Gasteiger partial charge in [-0.25, -0.2) is 29.9 Å². The number of fused-ring (bicyclic) bond motifs is 31. The summed E-state index contributed by atoms with van der Waals surface area (Å²) in [5.74, 6) is 2.86. The second-order valence-corrected chi connectivity index (χ2v) is 35.8. The average molecular weight is 1670 g/mol. The number of hydrogen-bond acceptors (Lipinski definition) is 9. The van der Waals surface area contributed by atoms with Crippen LogP contribution >= 0.6 is 0 Å². The molecule has 0 aliphatic heterocycles. The second kappa shape index (κ2) is 29.3. The maximum atomic E-state index is 5.35. The van der Waals surface area contributed by atoms with Crippen LogP contribution in [0.1, 0.15) is 74.9 Å². The van der Waals surface area contributed by atoms with Crippen molar-refractivity contribution >= 4 is 109 Å². The zero-order chi connectivity index (χ0) is 86.8. The maximum absolute atomic E-state index is 5.35. The molecule has 9 aromatic heterocycles. The Kier molecular flexibility index (Phi) is 17.1. The van der Waals surface area contributed by atoms with Crippen molar-refractivity contribution in [1.29, 1.82) is 0 Å². The number of para-hydroxylation sites is 1. The van der Waals surface area contributed by atoms with Gasteiger partial charge in [0.15, 0.2) is 5.82 Å². The molecule has 27 rings (SSSR count). The maximum Gasteiger partial charge on any atom is 0.235 e. The monoisotopic (exact) mass is 1670 g/mol. The number of hydrogen-bond donors (Lipinski definition) is 0. The predicted molar refractivity (Wildman–Crippen MR) is 532 cm³/mol. The average Bonchev–Trinajstić information content (AvgIpc) is 1.53. The van der Waals surface area contributed by atoms with Crippen LogP contribution < -0.4 is 0 Å². The Morgan fingerprint density at radius 3 is 0.962 bits per heavy atom. The molecule has 614 valence electrons. The summed E-state index contributed by atoms with van der Waals surface area (Å²) < 4.78 is 6.96. The molecule has 0 N–H and O–H groups in total. The van der Waals surface area contributed by atoms with Crippen molar-refractivity contribution in [3.63, 3.8) is 0 Å². The van der Waals surface area contributed by atoms with Crippen LogP contribution in [0.4, 0.5) is 0 Å². The molecule has 3 aliphatic carbocycles. The summed E-state index contributed by atoms with van der Waals surface area (Å²) in [4.78, 5) is 45.5. The third-order valence-electron chi connectivity index (χ3n) is 27.6. The number of nitrogens with zero attached hydrogens (tertiary/aromatic N) is 12. The Balaban J connectivity index is 0.000000105. The molecule has 15 aromatic carbocycles. The minimum Gasteiger partial charge on any atom is -0.293 e. The quantitative estimate of drug-likeness (QED) is 0.146. The Labute approximate surface area is 750 Å². The van der Waals surface area contributed by atoms with Crippen molar-refractivity contribution in [3.8, 4) is 108 Å². The van der Waals surface area contributed by atoms with Gasteiger partial charge >= 0.3 is 0 Å². The smallest absolute Gasteiger partial charge is 0.235 e. The van der Waals surface area contributed by atoms with E-state index in [1.165, 1.54) is 121 Å². The predicted octanol–water partition coefficient (Wildman–Crippen LogP) is 28.8. The van der Waals surface area contributed by atoms with Gasteiger partial charge in [0.05, 0.1) is 61.4 Å². The first-order valence-electron chi connectivity index (χ1n) is 44.5. The third-order valence-corrected chi connectivity index (χ3v) is 27.6. The van der Waals surface area contributed by atoms with Crippen molar-refractivity contribution in [2.45, 2.75) is 57.8 Å². The van der Waals surface area contributed by atoms with Crippen molar-refractivity contribution in [2.75, 3.05) is 0 Å². The fourth-order valence-corrected chi connectivity index (χ4v) is 22.0. The molecule has 9 heterocycles. The highest BCUT2D eigenvalue weighted by Crippen LogP contribution is 2.60. The molecule has 0 atom stereocenters. The van der Waals surface area contributed by atoms with E-state index in [2.05, 4.69) is 380 Å². The van der Waals surface area contributed by atoms with Crippen LogP contribution in [-0.4, -0.2) is 58.6 Å². The minimum absolute atomic E-state index is 0.229. The molecule has 12 heteroatoms. The van der Waals surface area contributed by atoms with Crippen molar-refractivity contribution in [3.05, 3.63) is 422 Å². The summed E-state index contributed by atoms with van der Waals surface area (Å²) in [6.45, 7) is 14.1. The molecule has 0 spiro atoms. The SMILES string of the molecule is CC1(C)c2ccccc2-c2c1c1c(c3ccccc23)c2cnccc2n1-c1cc(-c2ccccc2)nc(-c2ccccc2)n1.CC1(C)c2ccccc2-c2c1c1c(c3ccccc23)c2cnccc2n1-c1nc(-c2ccccc2)c2ccccc2n1.CC1(C)c2ccccc2-c2c1c1c(c3ccccc23)c2cnccc2n1-c1nc(-c2ccccc2)cc(-c2ccccc2)n1. The van der Waals surface area contributed by atoms with Crippen LogP contribution in [0, 0.1) is 0 Å². The molecule has 0 bridgehead atoms. The van der Waals surface area contributed by atoms with E-state index in [4.69, 9.17) is 29.9 Å². The van der Waals surface area contributed by atoms with E-state index in [0.717, 1.165) is 111 Å². The van der Waals surface area contributed by atoms with E-state index in [9.17, 15) is 0 Å². The lowest BCUT2D eigenvalue weighted by Crippen LogP contribution is -2.17. The zero-order valence-corrected chi connectivity index (χ0v) is 72.3. The van der Waals surface area contributed by atoms with Gasteiger partial charge in [-0.1, -0.05) is 357 Å². The highest BCUT2D eigenvalue weighted by molar-refractivity contribution is 6.30. The molecule has 0 fully saturated rings. The van der Waals surface area contributed by atoms with E-state index in [1.807, 2.05) is 79.6 Å². The fraction of sp³-hybridized carbons (Fsp3) is 0.0763. The van der Waals surface area contributed by atoms with Crippen LogP contribution in [0.25, 0.3) is 216 Å². The molecule has 0 saturated heterocycles. The number of rotatable bonds is 8. The summed E-state index contributed by atoms with van der Waals surface area (Å²) in [5.41, 5.74) is 31.5. The lowest BCUT2D eigenvalue weighted by Gasteiger charge is -2.24. The normalized spacial score (nSPS) is 13.5. The standard InChI is InChI=1S/2C40H28N4.C38H26N4/c1-40(2)31-20-12-11-19-29(31)35-27-17-9-10-18-28(27)36-30-24-41-22-21-34(30)44(38(36)37(35)40)39-42-32(25-13-5-3-6-14-25)23-33(43-39)26-15-7-4-8-16-26;1-40(2)31-20-12-11-19-29(31)35-27-17-9-10-18-28(27)36-30-24-41-22-21-33(30)44(38(36)37(35)40)34-23-32(25-13-5-3-6-14-25)42-39(43-34)26-15-7-4-8-16-26;1-38(2)29-18-10-8-16-26(29)32-24-14-6-7-15-25(24)33-28-22-39-21-20-31(28)42(36(33)34(32)38)37-40-30-19-11-9-17-27(30)35(41-37)23-12-4-3-5-13-23/h2*3-24H,1-2H3;3-22H,1-2H3. The molecular formula is C118H82N12. The molecule has 12 nitrogen and oxygen atoms in total. The molecule has 24 aromatic rings. The van der Waals surface area contributed by atoms with Crippen molar-refractivity contribution in [2.24, 2.45) is 0 Å². The molecular weight excluding hydrogens is 1590 g/mol. The summed E-state index contributed by atoms with van der Waals surface area (Å²) in [5, 5.41) is 15.4. The summed E-state index contributed by atoms with van der Waals surface area (Å²) in [7, 11) is 0. The first-order valence-corrected chi connectivity index (χ1v) is 44.5. The lowest BCUT2D eigenvalue weighted by atomic mass is 9.80. The van der Waals surface area contributed by atoms with Gasteiger partial charge in [0, 0.05) is 125 Å². The van der Waals surface area contributed by atoms with E-state index in [-0.39, 0.29) is 16.2 Å². The summed E-state index contributed by atoms with van der Waals surface area (Å²) >= 11 is 0. The number of pyridine rings is 3. The van der Waals surface area contributed by atoms with Crippen LogP contribution in [0.3, 0.4) is 0 Å². The highest BCUT2D eigenvalue weighted by atomic mass is 15.2. The fourth-order valence-electron chi connectivity index (χ4n) is 22.0. The number of benzene rings is 15. The van der Waals surface area contributed by atoms with Gasteiger partial charge in [-0.05, 0) is 129 Å². The Morgan fingerprint density at radius 2 is 0.554 bits per heavy atom. The molecule has 0 amide bonds. The third kappa shape index (κ3) is 11.4. The molecule has 130 heavy (non-hydrogen) atoms. The Bertz CT molecular complexity index is 8360. The van der Waals surface area contributed by atoms with Gasteiger partial charge in [-0.2, -0.15) is 0 Å². The summed E-state index contributed by atoms with van der Waals surface area (Å²) in [6.07, 6.45) is 11.7. The first-order chi connectivity index (χ1) is 63.8. The Morgan fingerprint density at radius 1 is 0.238 bits per heavy atom. The van der Waals surface area contributed by atoms with Gasteiger partial charge in [0.25, 0.3) is 0 Å². The zero-order valence-electron chi connectivity index (χ0n) is 72.3. The topological polar surface area (TPSA) is 131 Å². The van der Waals surface area contributed by atoms with Crippen LogP contribution in [0.2, 0.25) is 0 Å². The Hall–Kier alpha value is -16.6. The second-order valence-electron chi connectivity index (χ2n) is 35.8. The van der Waals surface area contributed by atoms with Gasteiger partial charge < -0.3 is 0 Å². The highest BCUT2D eigenvalue weighted by Gasteiger charge is 2.44. The largest absolute Gasteiger partial charge is 0.293 e. The summed E-state index contributed by atoms with van der Waals surface area (Å²) in [6, 6.07) is 124. The van der Waals surface area contributed by atoms with Crippen LogP contribution in [0.15, 0.2) is 389 Å². The van der Waals surface area contributed by atoms with Gasteiger partial charge in [0.2, 0.25) is 11.9 Å².